The summed E-state index contributed by atoms with van der Waals surface area (Å²) >= 11 is 0. The number of hydrogen-bond donors (Lipinski definition) is 0. The van der Waals surface area contributed by atoms with Crippen LogP contribution < -0.4 is 0 Å². The van der Waals surface area contributed by atoms with E-state index in [2.05, 4.69) is 10.1 Å². The second kappa shape index (κ2) is 6.31. The lowest BCUT2D eigenvalue weighted by atomic mass is 10.1. The molecule has 1 aliphatic carbocycles. The highest BCUT2D eigenvalue weighted by atomic mass is 19.3. The summed E-state index contributed by atoms with van der Waals surface area (Å²) in [6.07, 6.45) is -3.08. The third-order valence-electron chi connectivity index (χ3n) is 3.94. The lowest BCUT2D eigenvalue weighted by molar-refractivity contribution is 0.152. The number of likely N-dealkylation sites (N-methyl/N-ethyl adjacent to an activating group) is 1. The first kappa shape index (κ1) is 16.0. The molecule has 0 N–H and O–H groups in total. The van der Waals surface area contributed by atoms with Crippen LogP contribution in [0.1, 0.15) is 30.2 Å². The van der Waals surface area contributed by atoms with Crippen molar-refractivity contribution in [1.29, 1.82) is 0 Å². The molecule has 124 valence electrons. The molecule has 0 amide bonds. The summed E-state index contributed by atoms with van der Waals surface area (Å²) in [4.78, 5) is 6.36. The molecule has 3 rings (SSSR count). The first-order valence-corrected chi connectivity index (χ1v) is 7.58. The van der Waals surface area contributed by atoms with Crippen LogP contribution in [0.15, 0.2) is 24.3 Å². The quantitative estimate of drug-likeness (QED) is 0.818. The average molecular weight is 324 g/mol. The first-order valence-electron chi connectivity index (χ1n) is 7.58. The van der Waals surface area contributed by atoms with Crippen molar-refractivity contribution in [3.63, 3.8) is 0 Å². The Balaban J connectivity index is 1.97. The molecule has 2 aromatic rings. The van der Waals surface area contributed by atoms with Crippen LogP contribution in [-0.4, -0.2) is 46.5 Å². The number of hydrogen-bond acceptors (Lipinski definition) is 3. The van der Waals surface area contributed by atoms with Crippen molar-refractivity contribution in [1.82, 2.24) is 19.7 Å². The van der Waals surface area contributed by atoms with Crippen molar-refractivity contribution in [3.8, 4) is 11.4 Å². The highest BCUT2D eigenvalue weighted by Gasteiger charge is 2.43. The number of halogens is 3. The standard InChI is InChI=1S/C16H19F3N4/c1-22(2)7-8-23-16(12-9-13(12)17)20-15(21-23)11-6-4-3-5-10(11)14(18)19/h3-6,12-14H,7-9H2,1-2H3/t12-,13+/m1/s1. The zero-order chi connectivity index (χ0) is 16.6. The number of rotatable bonds is 6. The number of alkyl halides is 3. The van der Waals surface area contributed by atoms with Gasteiger partial charge in [-0.1, -0.05) is 24.3 Å². The summed E-state index contributed by atoms with van der Waals surface area (Å²) in [6.45, 7) is 1.27. The molecule has 1 aliphatic rings. The van der Waals surface area contributed by atoms with Gasteiger partial charge < -0.3 is 4.90 Å². The molecule has 4 nitrogen and oxygen atoms in total. The molecule has 1 saturated carbocycles. The van der Waals surface area contributed by atoms with Gasteiger partial charge in [-0.2, -0.15) is 5.10 Å². The van der Waals surface area contributed by atoms with Gasteiger partial charge in [-0.05, 0) is 20.5 Å². The van der Waals surface area contributed by atoms with E-state index < -0.39 is 12.6 Å². The molecule has 1 fully saturated rings. The van der Waals surface area contributed by atoms with Crippen LogP contribution in [0.25, 0.3) is 11.4 Å². The summed E-state index contributed by atoms with van der Waals surface area (Å²) in [5, 5.41) is 4.37. The topological polar surface area (TPSA) is 34.0 Å². The van der Waals surface area contributed by atoms with Crippen LogP contribution in [0.2, 0.25) is 0 Å². The minimum atomic E-state index is -2.60. The molecule has 2 atom stereocenters. The van der Waals surface area contributed by atoms with E-state index in [1.807, 2.05) is 19.0 Å². The fourth-order valence-electron chi connectivity index (χ4n) is 2.52. The highest BCUT2D eigenvalue weighted by Crippen LogP contribution is 2.43. The fraction of sp³-hybridized carbons (Fsp3) is 0.500. The Morgan fingerprint density at radius 2 is 2.00 bits per heavy atom. The minimum absolute atomic E-state index is 0.101. The first-order chi connectivity index (χ1) is 11.0. The van der Waals surface area contributed by atoms with E-state index >= 15 is 0 Å². The van der Waals surface area contributed by atoms with Crippen molar-refractivity contribution in [2.45, 2.75) is 31.5 Å². The maximum absolute atomic E-state index is 13.4. The summed E-state index contributed by atoms with van der Waals surface area (Å²) in [6, 6.07) is 6.19. The molecule has 1 heterocycles. The summed E-state index contributed by atoms with van der Waals surface area (Å²) in [5.41, 5.74) is 0.208. The van der Waals surface area contributed by atoms with E-state index in [9.17, 15) is 13.2 Å². The molecular formula is C16H19F3N4. The predicted molar refractivity (Wildman–Crippen MR) is 81.2 cm³/mol. The third kappa shape index (κ3) is 3.39. The Hall–Kier alpha value is -1.89. The molecular weight excluding hydrogens is 305 g/mol. The zero-order valence-corrected chi connectivity index (χ0v) is 13.1. The van der Waals surface area contributed by atoms with E-state index in [1.54, 1.807) is 22.9 Å². The summed E-state index contributed by atoms with van der Waals surface area (Å²) in [5.74, 6) is 0.532. The Kier molecular flexibility index (Phi) is 4.39. The average Bonchev–Trinajstić information content (AvgIpc) is 3.09. The number of nitrogens with zero attached hydrogens (tertiary/aromatic N) is 4. The fourth-order valence-corrected chi connectivity index (χ4v) is 2.52. The van der Waals surface area contributed by atoms with Gasteiger partial charge in [-0.25, -0.2) is 22.8 Å². The lowest BCUT2D eigenvalue weighted by Crippen LogP contribution is -2.20. The summed E-state index contributed by atoms with van der Waals surface area (Å²) < 4.78 is 41.5. The lowest BCUT2D eigenvalue weighted by Gasteiger charge is -2.10. The van der Waals surface area contributed by atoms with Crippen molar-refractivity contribution in [2.75, 3.05) is 20.6 Å². The van der Waals surface area contributed by atoms with Crippen LogP contribution in [-0.2, 0) is 6.54 Å². The molecule has 0 aliphatic heterocycles. The molecule has 1 aromatic heterocycles. The Bertz CT molecular complexity index is 684. The van der Waals surface area contributed by atoms with Crippen LogP contribution in [0.3, 0.4) is 0 Å². The molecule has 0 unspecified atom stereocenters. The highest BCUT2D eigenvalue weighted by molar-refractivity contribution is 5.60. The Morgan fingerprint density at radius 3 is 2.61 bits per heavy atom. The van der Waals surface area contributed by atoms with Crippen molar-refractivity contribution in [3.05, 3.63) is 35.7 Å². The van der Waals surface area contributed by atoms with E-state index in [-0.39, 0.29) is 17.3 Å². The molecule has 1 aromatic carbocycles. The Labute approximate surface area is 132 Å². The van der Waals surface area contributed by atoms with Gasteiger partial charge in [-0.3, -0.25) is 0 Å². The maximum atomic E-state index is 13.4. The van der Waals surface area contributed by atoms with Crippen LogP contribution in [0, 0.1) is 0 Å². The second-order valence-electron chi connectivity index (χ2n) is 6.07. The van der Waals surface area contributed by atoms with Gasteiger partial charge in [0.2, 0.25) is 0 Å². The van der Waals surface area contributed by atoms with Crippen molar-refractivity contribution >= 4 is 0 Å². The predicted octanol–water partition coefficient (Wildman–Crippen LogP) is 3.27. The third-order valence-corrected chi connectivity index (χ3v) is 3.94. The van der Waals surface area contributed by atoms with Gasteiger partial charge in [0.05, 0.1) is 12.5 Å². The van der Waals surface area contributed by atoms with Gasteiger partial charge in [0.25, 0.3) is 6.43 Å². The largest absolute Gasteiger partial charge is 0.308 e. The molecule has 7 heteroatoms. The van der Waals surface area contributed by atoms with Gasteiger partial charge in [0.1, 0.15) is 12.0 Å². The van der Waals surface area contributed by atoms with Gasteiger partial charge >= 0.3 is 0 Å². The van der Waals surface area contributed by atoms with Crippen LogP contribution >= 0.6 is 0 Å². The number of aromatic nitrogens is 3. The zero-order valence-electron chi connectivity index (χ0n) is 13.1. The molecule has 0 saturated heterocycles. The van der Waals surface area contributed by atoms with Gasteiger partial charge in [0.15, 0.2) is 5.82 Å². The van der Waals surface area contributed by atoms with Crippen LogP contribution in [0.5, 0.6) is 0 Å². The normalized spacial score (nSPS) is 20.5. The van der Waals surface area contributed by atoms with Gasteiger partial charge in [0, 0.05) is 17.7 Å². The Morgan fingerprint density at radius 1 is 1.30 bits per heavy atom. The molecule has 0 radical (unpaired) electrons. The van der Waals surface area contributed by atoms with Crippen molar-refractivity contribution in [2.24, 2.45) is 0 Å². The summed E-state index contributed by atoms with van der Waals surface area (Å²) in [7, 11) is 3.86. The van der Waals surface area contributed by atoms with Crippen molar-refractivity contribution < 1.29 is 13.2 Å². The van der Waals surface area contributed by atoms with E-state index in [0.29, 0.717) is 24.4 Å². The van der Waals surface area contributed by atoms with Crippen LogP contribution in [0.4, 0.5) is 13.2 Å². The smallest absolute Gasteiger partial charge is 0.264 e. The maximum Gasteiger partial charge on any atom is 0.264 e. The van der Waals surface area contributed by atoms with Gasteiger partial charge in [-0.15, -0.1) is 0 Å². The molecule has 0 bridgehead atoms. The van der Waals surface area contributed by atoms with E-state index in [4.69, 9.17) is 0 Å². The number of benzene rings is 1. The molecule has 23 heavy (non-hydrogen) atoms. The molecule has 0 spiro atoms. The SMILES string of the molecule is CN(C)CCn1nc(-c2ccccc2C(F)F)nc1[C@@H]1C[C@@H]1F. The second-order valence-corrected chi connectivity index (χ2v) is 6.07. The monoisotopic (exact) mass is 324 g/mol. The van der Waals surface area contributed by atoms with E-state index in [1.165, 1.54) is 6.07 Å². The minimum Gasteiger partial charge on any atom is -0.308 e. The van der Waals surface area contributed by atoms with E-state index in [0.717, 1.165) is 6.54 Å².